The fourth-order valence-corrected chi connectivity index (χ4v) is 3.58. The van der Waals surface area contributed by atoms with Crippen molar-refractivity contribution in [3.05, 3.63) is 35.9 Å². The van der Waals surface area contributed by atoms with E-state index < -0.39 is 6.09 Å². The summed E-state index contributed by atoms with van der Waals surface area (Å²) in [5, 5.41) is 9.41. The lowest BCUT2D eigenvalue weighted by Gasteiger charge is -2.26. The van der Waals surface area contributed by atoms with Gasteiger partial charge in [0.25, 0.3) is 0 Å². The fourth-order valence-electron chi connectivity index (χ4n) is 3.58. The van der Waals surface area contributed by atoms with Gasteiger partial charge < -0.3 is 10.0 Å². The number of hydrogen-bond donors (Lipinski definition) is 1. The van der Waals surface area contributed by atoms with Crippen molar-refractivity contribution in [1.29, 1.82) is 0 Å². The van der Waals surface area contributed by atoms with E-state index in [0.717, 1.165) is 18.4 Å². The van der Waals surface area contributed by atoms with Crippen LogP contribution in [-0.4, -0.2) is 34.0 Å². The molecule has 3 atom stereocenters. The van der Waals surface area contributed by atoms with Crippen LogP contribution >= 0.6 is 0 Å². The van der Waals surface area contributed by atoms with Crippen LogP contribution in [0.3, 0.4) is 0 Å². The van der Waals surface area contributed by atoms with Gasteiger partial charge in [0.2, 0.25) is 0 Å². The summed E-state index contributed by atoms with van der Waals surface area (Å²) in [6.45, 7) is 0. The molecule has 4 heteroatoms. The minimum Gasteiger partial charge on any atom is -0.465 e. The molecule has 1 aliphatic heterocycles. The first-order valence-corrected chi connectivity index (χ1v) is 6.72. The van der Waals surface area contributed by atoms with Crippen molar-refractivity contribution in [2.45, 2.75) is 37.8 Å². The van der Waals surface area contributed by atoms with Gasteiger partial charge in [0.1, 0.15) is 5.78 Å². The van der Waals surface area contributed by atoms with Gasteiger partial charge in [-0.05, 0) is 24.3 Å². The van der Waals surface area contributed by atoms with Crippen LogP contribution in [0.5, 0.6) is 0 Å². The zero-order valence-electron chi connectivity index (χ0n) is 10.7. The molecule has 1 aliphatic carbocycles. The van der Waals surface area contributed by atoms with Crippen LogP contribution in [0, 0.1) is 5.92 Å². The molecular weight excluding hydrogens is 242 g/mol. The maximum absolute atomic E-state index is 11.5. The lowest BCUT2D eigenvalue weighted by atomic mass is 9.98. The van der Waals surface area contributed by atoms with E-state index in [4.69, 9.17) is 0 Å². The first-order chi connectivity index (χ1) is 9.15. The van der Waals surface area contributed by atoms with E-state index in [0.29, 0.717) is 12.8 Å². The molecule has 3 unspecified atom stereocenters. The highest BCUT2D eigenvalue weighted by atomic mass is 16.4. The Kier molecular flexibility index (Phi) is 3.01. The van der Waals surface area contributed by atoms with Crippen molar-refractivity contribution in [2.24, 2.45) is 5.92 Å². The molecule has 0 radical (unpaired) electrons. The Bertz CT molecular complexity index is 499. The second kappa shape index (κ2) is 4.68. The number of likely N-dealkylation sites (tertiary alicyclic amines) is 1. The van der Waals surface area contributed by atoms with Crippen LogP contribution in [0.4, 0.5) is 4.79 Å². The Hall–Kier alpha value is -1.84. The number of fused-ring (bicyclic) bond motifs is 1. The first-order valence-electron chi connectivity index (χ1n) is 6.72. The second-order valence-electron chi connectivity index (χ2n) is 5.54. The molecule has 0 spiro atoms. The number of carboxylic acid groups (broad SMARTS) is 1. The highest BCUT2D eigenvalue weighted by Gasteiger charge is 2.48. The zero-order valence-corrected chi connectivity index (χ0v) is 10.7. The number of carbonyl (C=O) groups is 2. The van der Waals surface area contributed by atoms with Gasteiger partial charge in [-0.15, -0.1) is 0 Å². The topological polar surface area (TPSA) is 57.6 Å². The number of carbonyl (C=O) groups excluding carboxylic acids is 1. The van der Waals surface area contributed by atoms with Gasteiger partial charge in [-0.1, -0.05) is 30.3 Å². The van der Waals surface area contributed by atoms with Crippen LogP contribution in [-0.2, 0) is 11.2 Å². The summed E-state index contributed by atoms with van der Waals surface area (Å²) in [4.78, 5) is 24.5. The van der Waals surface area contributed by atoms with Crippen molar-refractivity contribution in [2.75, 3.05) is 0 Å². The number of benzene rings is 1. The van der Waals surface area contributed by atoms with Crippen LogP contribution in [0.25, 0.3) is 0 Å². The molecule has 1 heterocycles. The highest BCUT2D eigenvalue weighted by Crippen LogP contribution is 2.40. The summed E-state index contributed by atoms with van der Waals surface area (Å²) in [7, 11) is 0. The van der Waals surface area contributed by atoms with E-state index in [9.17, 15) is 14.7 Å². The Morgan fingerprint density at radius 2 is 2.00 bits per heavy atom. The lowest BCUT2D eigenvalue weighted by Crippen LogP contribution is -2.41. The zero-order chi connectivity index (χ0) is 13.4. The first kappa shape index (κ1) is 12.2. The average molecular weight is 259 g/mol. The van der Waals surface area contributed by atoms with Crippen molar-refractivity contribution < 1.29 is 14.7 Å². The second-order valence-corrected chi connectivity index (χ2v) is 5.54. The number of nitrogens with zero attached hydrogens (tertiary/aromatic N) is 1. The van der Waals surface area contributed by atoms with Crippen LogP contribution in [0.1, 0.15) is 24.8 Å². The van der Waals surface area contributed by atoms with Gasteiger partial charge in [-0.2, -0.15) is 0 Å². The van der Waals surface area contributed by atoms with E-state index in [1.165, 1.54) is 4.90 Å². The molecule has 0 aromatic heterocycles. The van der Waals surface area contributed by atoms with Crippen molar-refractivity contribution >= 4 is 11.9 Å². The van der Waals surface area contributed by atoms with Gasteiger partial charge in [0.05, 0.1) is 0 Å². The third-order valence-electron chi connectivity index (χ3n) is 4.33. The molecule has 1 N–H and O–H groups in total. The van der Waals surface area contributed by atoms with E-state index in [2.05, 4.69) is 0 Å². The quantitative estimate of drug-likeness (QED) is 0.886. The van der Waals surface area contributed by atoms with Crippen LogP contribution in [0.15, 0.2) is 30.3 Å². The number of Topliss-reactive ketones (excluding diaryl/α,β-unsaturated/α-hetero) is 1. The normalized spacial score (nSPS) is 29.6. The third kappa shape index (κ3) is 2.23. The van der Waals surface area contributed by atoms with E-state index in [1.54, 1.807) is 0 Å². The molecule has 2 fully saturated rings. The highest BCUT2D eigenvalue weighted by molar-refractivity contribution is 5.83. The maximum atomic E-state index is 11.5. The molecule has 1 aromatic rings. The summed E-state index contributed by atoms with van der Waals surface area (Å²) in [5.74, 6) is 0.441. The molecule has 1 saturated carbocycles. The molecule has 1 saturated heterocycles. The van der Waals surface area contributed by atoms with Crippen molar-refractivity contribution in [3.63, 3.8) is 0 Å². The SMILES string of the molecule is O=C1CC2CC(Cc3ccccc3)N(C(=O)O)C2C1. The van der Waals surface area contributed by atoms with Gasteiger partial charge >= 0.3 is 6.09 Å². The molecule has 1 aromatic carbocycles. The Balaban J connectivity index is 1.79. The largest absolute Gasteiger partial charge is 0.465 e. The molecule has 19 heavy (non-hydrogen) atoms. The van der Waals surface area contributed by atoms with Crippen molar-refractivity contribution in [3.8, 4) is 0 Å². The van der Waals surface area contributed by atoms with E-state index in [1.807, 2.05) is 30.3 Å². The molecule has 3 rings (SSSR count). The monoisotopic (exact) mass is 259 g/mol. The Morgan fingerprint density at radius 3 is 2.68 bits per heavy atom. The van der Waals surface area contributed by atoms with Gasteiger partial charge in [-0.25, -0.2) is 4.79 Å². The summed E-state index contributed by atoms with van der Waals surface area (Å²) < 4.78 is 0. The number of amides is 1. The molecular formula is C15H17NO3. The molecule has 100 valence electrons. The predicted octanol–water partition coefficient (Wildman–Crippen LogP) is 2.33. The number of ketones is 1. The minimum atomic E-state index is -0.886. The average Bonchev–Trinajstić information content (AvgIpc) is 2.85. The summed E-state index contributed by atoms with van der Waals surface area (Å²) in [5.41, 5.74) is 1.16. The minimum absolute atomic E-state index is 0.0167. The predicted molar refractivity (Wildman–Crippen MR) is 69.9 cm³/mol. The Morgan fingerprint density at radius 1 is 1.26 bits per heavy atom. The Labute approximate surface area is 112 Å². The molecule has 2 aliphatic rings. The molecule has 4 nitrogen and oxygen atoms in total. The summed E-state index contributed by atoms with van der Waals surface area (Å²) in [6, 6.07) is 9.89. The van der Waals surface area contributed by atoms with Gasteiger partial charge in [-0.3, -0.25) is 4.79 Å². The van der Waals surface area contributed by atoms with E-state index >= 15 is 0 Å². The third-order valence-corrected chi connectivity index (χ3v) is 4.33. The summed E-state index contributed by atoms with van der Waals surface area (Å²) >= 11 is 0. The number of hydrogen-bond acceptors (Lipinski definition) is 2. The standard InChI is InChI=1S/C15H17NO3/c17-13-8-11-7-12(6-10-4-2-1-3-5-10)16(15(18)19)14(11)9-13/h1-5,11-12,14H,6-9H2,(H,18,19). The maximum Gasteiger partial charge on any atom is 0.407 e. The molecule has 1 amide bonds. The number of rotatable bonds is 2. The lowest BCUT2D eigenvalue weighted by molar-refractivity contribution is -0.118. The van der Waals surface area contributed by atoms with Crippen LogP contribution in [0.2, 0.25) is 0 Å². The van der Waals surface area contributed by atoms with Gasteiger partial charge in [0.15, 0.2) is 0 Å². The smallest absolute Gasteiger partial charge is 0.407 e. The van der Waals surface area contributed by atoms with E-state index in [-0.39, 0.29) is 23.8 Å². The fraction of sp³-hybridized carbons (Fsp3) is 0.467. The van der Waals surface area contributed by atoms with Gasteiger partial charge in [0, 0.05) is 24.9 Å². The summed E-state index contributed by atoms with van der Waals surface area (Å²) in [6.07, 6.45) is 1.64. The van der Waals surface area contributed by atoms with Crippen LogP contribution < -0.4 is 0 Å². The van der Waals surface area contributed by atoms with Crippen molar-refractivity contribution in [1.82, 2.24) is 4.90 Å². The molecule has 0 bridgehead atoms.